The second kappa shape index (κ2) is 14.3. The van der Waals surface area contributed by atoms with Crippen LogP contribution in [0.15, 0.2) is 235 Å². The molecule has 0 fully saturated rings. The third-order valence-electron chi connectivity index (χ3n) is 12.2. The second-order valence-electron chi connectivity index (χ2n) is 15.7. The fourth-order valence-electron chi connectivity index (χ4n) is 9.30. The maximum atomic E-state index is 6.29. The summed E-state index contributed by atoms with van der Waals surface area (Å²) in [4.78, 5) is 2.37. The van der Waals surface area contributed by atoms with E-state index in [1.54, 1.807) is 0 Å². The van der Waals surface area contributed by atoms with Crippen molar-refractivity contribution in [2.75, 3.05) is 4.90 Å². The SMILES string of the molecule is c1ccc(-c2ccc(N(c3ccc(-c4ccc5c6ccc7ccccc7c6n(-c6ccccc6)c5c4)cc3)c3ccc4oc5ccccc5c4c3)cc2-c2ccccc2)cc1. The summed E-state index contributed by atoms with van der Waals surface area (Å²) in [6.07, 6.45) is 0. The standard InChI is InChI=1S/C58H38N2O/c1-4-14-40(15-5-1)48-34-30-46(37-53(48)41-16-6-2-7-17-41)59(47-31-35-57-54(38-47)51-22-12-13-23-56(51)61-57)45-28-24-39(25-29-45)43-27-32-50-52-33-26-42-18-10-11-21-49(42)58(52)60(55(50)36-43)44-19-8-3-9-20-44/h1-38H. The van der Waals surface area contributed by atoms with Gasteiger partial charge in [0.25, 0.3) is 0 Å². The Hall–Kier alpha value is -8.14. The summed E-state index contributed by atoms with van der Waals surface area (Å²) in [5.74, 6) is 0. The summed E-state index contributed by atoms with van der Waals surface area (Å²) in [7, 11) is 0. The normalized spacial score (nSPS) is 11.6. The van der Waals surface area contributed by atoms with E-state index in [0.29, 0.717) is 0 Å². The van der Waals surface area contributed by atoms with Crippen LogP contribution >= 0.6 is 0 Å². The number of anilines is 3. The molecule has 3 heteroatoms. The fraction of sp³-hybridized carbons (Fsp3) is 0. The number of fused-ring (bicyclic) bond motifs is 8. The summed E-state index contributed by atoms with van der Waals surface area (Å²) in [6.45, 7) is 0. The molecule has 12 rings (SSSR count). The maximum Gasteiger partial charge on any atom is 0.135 e. The molecule has 286 valence electrons. The van der Waals surface area contributed by atoms with E-state index >= 15 is 0 Å². The minimum Gasteiger partial charge on any atom is -0.456 e. The van der Waals surface area contributed by atoms with Crippen LogP contribution < -0.4 is 4.90 Å². The summed E-state index contributed by atoms with van der Waals surface area (Å²) < 4.78 is 8.73. The van der Waals surface area contributed by atoms with Crippen LogP contribution in [0.2, 0.25) is 0 Å². The number of aromatic nitrogens is 1. The zero-order valence-electron chi connectivity index (χ0n) is 33.2. The Labute approximate surface area is 353 Å². The first-order valence-corrected chi connectivity index (χ1v) is 20.8. The van der Waals surface area contributed by atoms with Gasteiger partial charge in [-0.3, -0.25) is 0 Å². The number of para-hydroxylation sites is 2. The van der Waals surface area contributed by atoms with Crippen LogP contribution in [-0.2, 0) is 0 Å². The van der Waals surface area contributed by atoms with Crippen LogP contribution in [0.3, 0.4) is 0 Å². The lowest BCUT2D eigenvalue weighted by atomic mass is 9.93. The van der Waals surface area contributed by atoms with Gasteiger partial charge in [-0.1, -0.05) is 164 Å². The van der Waals surface area contributed by atoms with Crippen LogP contribution in [-0.4, -0.2) is 4.57 Å². The Morgan fingerprint density at radius 3 is 1.70 bits per heavy atom. The van der Waals surface area contributed by atoms with E-state index in [1.807, 2.05) is 12.1 Å². The largest absolute Gasteiger partial charge is 0.456 e. The van der Waals surface area contributed by atoms with Crippen LogP contribution in [0.4, 0.5) is 17.1 Å². The molecule has 0 aliphatic heterocycles. The van der Waals surface area contributed by atoms with Crippen LogP contribution in [0.1, 0.15) is 0 Å². The van der Waals surface area contributed by atoms with E-state index in [4.69, 9.17) is 4.42 Å². The topological polar surface area (TPSA) is 21.3 Å². The van der Waals surface area contributed by atoms with E-state index in [0.717, 1.165) is 50.3 Å². The first kappa shape index (κ1) is 34.9. The van der Waals surface area contributed by atoms with E-state index < -0.39 is 0 Å². The summed E-state index contributed by atoms with van der Waals surface area (Å²) >= 11 is 0. The molecule has 3 nitrogen and oxygen atoms in total. The Morgan fingerprint density at radius 2 is 0.918 bits per heavy atom. The van der Waals surface area contributed by atoms with Crippen LogP contribution in [0.5, 0.6) is 0 Å². The Kier molecular flexibility index (Phi) is 8.17. The number of hydrogen-bond donors (Lipinski definition) is 0. The molecule has 0 amide bonds. The molecular weight excluding hydrogens is 741 g/mol. The van der Waals surface area contributed by atoms with Crippen molar-refractivity contribution in [2.45, 2.75) is 0 Å². The number of furan rings is 1. The molecule has 2 heterocycles. The highest BCUT2D eigenvalue weighted by atomic mass is 16.3. The number of rotatable bonds is 7. The van der Waals surface area contributed by atoms with E-state index in [2.05, 4.69) is 228 Å². The van der Waals surface area contributed by atoms with Gasteiger partial charge in [-0.15, -0.1) is 0 Å². The van der Waals surface area contributed by atoms with E-state index in [-0.39, 0.29) is 0 Å². The smallest absolute Gasteiger partial charge is 0.135 e. The molecule has 2 aromatic heterocycles. The molecular formula is C58H38N2O. The molecule has 10 aromatic carbocycles. The molecule has 0 N–H and O–H groups in total. The molecule has 0 radical (unpaired) electrons. The second-order valence-corrected chi connectivity index (χ2v) is 15.7. The Bertz CT molecular complexity index is 3570. The molecule has 61 heavy (non-hydrogen) atoms. The summed E-state index contributed by atoms with van der Waals surface area (Å²) in [6, 6.07) is 83.0. The average molecular weight is 779 g/mol. The van der Waals surface area contributed by atoms with Gasteiger partial charge in [0.2, 0.25) is 0 Å². The molecule has 0 saturated heterocycles. The molecule has 0 spiro atoms. The van der Waals surface area contributed by atoms with E-state index in [1.165, 1.54) is 60.4 Å². The van der Waals surface area contributed by atoms with Crippen molar-refractivity contribution in [1.82, 2.24) is 4.57 Å². The highest BCUT2D eigenvalue weighted by Crippen LogP contribution is 2.44. The summed E-state index contributed by atoms with van der Waals surface area (Å²) in [5, 5.41) is 7.18. The lowest BCUT2D eigenvalue weighted by Crippen LogP contribution is -2.10. The fourth-order valence-corrected chi connectivity index (χ4v) is 9.30. The van der Waals surface area contributed by atoms with Gasteiger partial charge in [0.1, 0.15) is 11.2 Å². The van der Waals surface area contributed by atoms with Gasteiger partial charge in [0.15, 0.2) is 0 Å². The quantitative estimate of drug-likeness (QED) is 0.161. The number of benzene rings is 10. The molecule has 0 atom stereocenters. The number of hydrogen-bond acceptors (Lipinski definition) is 2. The van der Waals surface area contributed by atoms with Gasteiger partial charge >= 0.3 is 0 Å². The zero-order valence-corrected chi connectivity index (χ0v) is 33.2. The predicted molar refractivity (Wildman–Crippen MR) is 257 cm³/mol. The minimum atomic E-state index is 0.876. The molecule has 0 aliphatic carbocycles. The zero-order chi connectivity index (χ0) is 40.3. The molecule has 0 bridgehead atoms. The van der Waals surface area contributed by atoms with Crippen molar-refractivity contribution < 1.29 is 4.42 Å². The maximum absolute atomic E-state index is 6.29. The first-order valence-electron chi connectivity index (χ1n) is 20.8. The van der Waals surface area contributed by atoms with Crippen molar-refractivity contribution in [3.05, 3.63) is 231 Å². The van der Waals surface area contributed by atoms with Crippen molar-refractivity contribution in [3.63, 3.8) is 0 Å². The monoisotopic (exact) mass is 778 g/mol. The van der Waals surface area contributed by atoms with Crippen molar-refractivity contribution >= 4 is 71.6 Å². The van der Waals surface area contributed by atoms with Gasteiger partial charge in [-0.2, -0.15) is 0 Å². The van der Waals surface area contributed by atoms with Gasteiger partial charge in [0, 0.05) is 49.7 Å². The van der Waals surface area contributed by atoms with Gasteiger partial charge < -0.3 is 13.9 Å². The van der Waals surface area contributed by atoms with Gasteiger partial charge in [0.05, 0.1) is 11.0 Å². The van der Waals surface area contributed by atoms with Crippen molar-refractivity contribution in [3.8, 4) is 39.1 Å². The molecule has 12 aromatic rings. The van der Waals surface area contributed by atoms with Crippen molar-refractivity contribution in [1.29, 1.82) is 0 Å². The lowest BCUT2D eigenvalue weighted by molar-refractivity contribution is 0.669. The van der Waals surface area contributed by atoms with Gasteiger partial charge in [-0.25, -0.2) is 0 Å². The van der Waals surface area contributed by atoms with Gasteiger partial charge in [-0.05, 0) is 105 Å². The van der Waals surface area contributed by atoms with E-state index in [9.17, 15) is 0 Å². The predicted octanol–water partition coefficient (Wildman–Crippen LogP) is 16.3. The van der Waals surface area contributed by atoms with Crippen LogP contribution in [0, 0.1) is 0 Å². The van der Waals surface area contributed by atoms with Crippen LogP contribution in [0.25, 0.3) is 93.6 Å². The third kappa shape index (κ3) is 5.90. The third-order valence-corrected chi connectivity index (χ3v) is 12.2. The first-order chi connectivity index (χ1) is 30.2. The summed E-state index contributed by atoms with van der Waals surface area (Å²) in [5.41, 5.74) is 15.6. The lowest BCUT2D eigenvalue weighted by Gasteiger charge is -2.27. The highest BCUT2D eigenvalue weighted by molar-refractivity contribution is 6.19. The molecule has 0 saturated carbocycles. The Morgan fingerprint density at radius 1 is 0.328 bits per heavy atom. The number of nitrogens with zero attached hydrogens (tertiary/aromatic N) is 2. The molecule has 0 aliphatic rings. The highest BCUT2D eigenvalue weighted by Gasteiger charge is 2.20. The van der Waals surface area contributed by atoms with Crippen molar-refractivity contribution in [2.24, 2.45) is 0 Å². The molecule has 0 unspecified atom stereocenters. The Balaban J connectivity index is 1.02. The minimum absolute atomic E-state index is 0.876. The average Bonchev–Trinajstić information content (AvgIpc) is 3.88.